The van der Waals surface area contributed by atoms with Crippen LogP contribution in [0.2, 0.25) is 0 Å². The molecule has 2 aromatic carbocycles. The molecule has 0 saturated carbocycles. The van der Waals surface area contributed by atoms with Crippen LogP contribution in [0.15, 0.2) is 59.5 Å². The molecule has 2 fully saturated rings. The number of likely N-dealkylation sites (N-methyl/N-ethyl adjacent to an activating group) is 1. The number of nitrogens with zero attached hydrogens (tertiary/aromatic N) is 2. The van der Waals surface area contributed by atoms with E-state index in [0.29, 0.717) is 24.8 Å². The van der Waals surface area contributed by atoms with E-state index in [0.717, 1.165) is 64.1 Å². The summed E-state index contributed by atoms with van der Waals surface area (Å²) in [5.74, 6) is 1.38. The Kier molecular flexibility index (Phi) is 9.79. The van der Waals surface area contributed by atoms with Gasteiger partial charge in [-0.1, -0.05) is 42.5 Å². The largest absolute Gasteiger partial charge is 0.381 e. The molecule has 2 aromatic rings. The molecule has 0 radical (unpaired) electrons. The summed E-state index contributed by atoms with van der Waals surface area (Å²) in [7, 11) is -3.23. The van der Waals surface area contributed by atoms with Crippen LogP contribution in [0.5, 0.6) is 0 Å². The van der Waals surface area contributed by atoms with Crippen LogP contribution in [-0.2, 0) is 25.8 Å². The lowest BCUT2D eigenvalue weighted by Gasteiger charge is -2.39. The van der Waals surface area contributed by atoms with Crippen LogP contribution in [0.25, 0.3) is 0 Å². The monoisotopic (exact) mass is 526 g/mol. The van der Waals surface area contributed by atoms with Gasteiger partial charge in [0.25, 0.3) is 0 Å². The molecule has 2 aliphatic rings. The van der Waals surface area contributed by atoms with Gasteiger partial charge >= 0.3 is 0 Å². The van der Waals surface area contributed by atoms with E-state index in [1.807, 2.05) is 4.90 Å². The van der Waals surface area contributed by atoms with Gasteiger partial charge in [0.2, 0.25) is 5.91 Å². The van der Waals surface area contributed by atoms with Crippen LogP contribution < -0.4 is 0 Å². The number of sulfone groups is 1. The normalized spacial score (nSPS) is 19.0. The fraction of sp³-hybridized carbons (Fsp3) is 0.567. The predicted molar refractivity (Wildman–Crippen MR) is 147 cm³/mol. The first kappa shape index (κ1) is 27.8. The Morgan fingerprint density at radius 2 is 1.65 bits per heavy atom. The molecule has 0 spiro atoms. The summed E-state index contributed by atoms with van der Waals surface area (Å²) < 4.78 is 29.0. The summed E-state index contributed by atoms with van der Waals surface area (Å²) in [5, 5.41) is 0. The molecule has 1 amide bonds. The minimum atomic E-state index is -3.23. The average Bonchev–Trinajstić information content (AvgIpc) is 2.91. The fourth-order valence-corrected chi connectivity index (χ4v) is 6.67. The number of likely N-dealkylation sites (tertiary alicyclic amines) is 1. The molecular weight excluding hydrogens is 484 g/mol. The van der Waals surface area contributed by atoms with Gasteiger partial charge in [-0.05, 0) is 80.7 Å². The van der Waals surface area contributed by atoms with Crippen LogP contribution >= 0.6 is 0 Å². The summed E-state index contributed by atoms with van der Waals surface area (Å²) in [5.41, 5.74) is 2.31. The van der Waals surface area contributed by atoms with Gasteiger partial charge in [0.05, 0.1) is 11.3 Å². The zero-order valence-electron chi connectivity index (χ0n) is 22.3. The molecular formula is C30H42N2O4S. The van der Waals surface area contributed by atoms with Crippen LogP contribution in [0, 0.1) is 5.92 Å². The van der Waals surface area contributed by atoms with Crippen molar-refractivity contribution in [1.82, 2.24) is 9.80 Å². The Balaban J connectivity index is 1.29. The van der Waals surface area contributed by atoms with Crippen LogP contribution in [0.1, 0.15) is 56.1 Å². The van der Waals surface area contributed by atoms with Crippen molar-refractivity contribution in [3.8, 4) is 0 Å². The molecule has 1 atom stereocenters. The second-order valence-electron chi connectivity index (χ2n) is 10.6. The van der Waals surface area contributed by atoms with Crippen molar-refractivity contribution < 1.29 is 17.9 Å². The molecule has 0 unspecified atom stereocenters. The van der Waals surface area contributed by atoms with Gasteiger partial charge in [-0.3, -0.25) is 4.79 Å². The summed E-state index contributed by atoms with van der Waals surface area (Å²) in [4.78, 5) is 18.0. The van der Waals surface area contributed by atoms with E-state index in [1.165, 1.54) is 18.2 Å². The molecule has 0 aromatic heterocycles. The SMILES string of the molecule is CCN(C(=O)Cc1ccc(S(C)(=O)=O)cc1)C1CCN(CC[C@@H](c2ccccc2)C2CCOCC2)CC1. The first-order valence-electron chi connectivity index (χ1n) is 13.8. The quantitative estimate of drug-likeness (QED) is 0.455. The Hall–Kier alpha value is -2.22. The van der Waals surface area contributed by atoms with Gasteiger partial charge in [0.1, 0.15) is 0 Å². The van der Waals surface area contributed by atoms with Crippen molar-refractivity contribution in [2.75, 3.05) is 45.6 Å². The highest BCUT2D eigenvalue weighted by atomic mass is 32.2. The molecule has 2 saturated heterocycles. The lowest BCUT2D eigenvalue weighted by Crippen LogP contribution is -2.48. The number of amides is 1. The zero-order chi connectivity index (χ0) is 26.3. The van der Waals surface area contributed by atoms with Crippen molar-refractivity contribution >= 4 is 15.7 Å². The number of benzene rings is 2. The van der Waals surface area contributed by atoms with Crippen LogP contribution in [0.4, 0.5) is 0 Å². The van der Waals surface area contributed by atoms with E-state index in [4.69, 9.17) is 4.74 Å². The van der Waals surface area contributed by atoms with Gasteiger partial charge in [-0.15, -0.1) is 0 Å². The van der Waals surface area contributed by atoms with E-state index in [9.17, 15) is 13.2 Å². The summed E-state index contributed by atoms with van der Waals surface area (Å²) in [6.45, 7) is 7.64. The summed E-state index contributed by atoms with van der Waals surface area (Å²) in [6, 6.07) is 17.9. The van der Waals surface area contributed by atoms with Crippen molar-refractivity contribution in [2.45, 2.75) is 62.3 Å². The van der Waals surface area contributed by atoms with Crippen molar-refractivity contribution in [2.24, 2.45) is 5.92 Å². The number of rotatable bonds is 10. The van der Waals surface area contributed by atoms with Crippen molar-refractivity contribution in [3.63, 3.8) is 0 Å². The Morgan fingerprint density at radius 3 is 2.24 bits per heavy atom. The average molecular weight is 527 g/mol. The third-order valence-corrected chi connectivity index (χ3v) is 9.31. The number of ether oxygens (including phenoxy) is 1. The first-order chi connectivity index (χ1) is 17.8. The highest BCUT2D eigenvalue weighted by Crippen LogP contribution is 2.35. The molecule has 0 aliphatic carbocycles. The van der Waals surface area contributed by atoms with E-state index >= 15 is 0 Å². The maximum absolute atomic E-state index is 13.1. The predicted octanol–water partition coefficient (Wildman–Crippen LogP) is 4.55. The van der Waals surface area contributed by atoms with Crippen molar-refractivity contribution in [3.05, 3.63) is 65.7 Å². The van der Waals surface area contributed by atoms with E-state index in [-0.39, 0.29) is 16.8 Å². The second-order valence-corrected chi connectivity index (χ2v) is 12.6. The first-order valence-corrected chi connectivity index (χ1v) is 15.7. The molecule has 202 valence electrons. The maximum Gasteiger partial charge on any atom is 0.227 e. The van der Waals surface area contributed by atoms with Gasteiger partial charge < -0.3 is 14.5 Å². The van der Waals surface area contributed by atoms with Gasteiger partial charge in [0, 0.05) is 45.1 Å². The molecule has 6 nitrogen and oxygen atoms in total. The van der Waals surface area contributed by atoms with E-state index in [1.54, 1.807) is 24.3 Å². The number of hydrogen-bond acceptors (Lipinski definition) is 5. The smallest absolute Gasteiger partial charge is 0.227 e. The number of carbonyl (C=O) groups excluding carboxylic acids is 1. The third kappa shape index (κ3) is 7.65. The standard InChI is InChI=1S/C30H42N2O4S/c1-3-32(30(33)23-24-9-11-28(12-10-24)37(2,34)35)27-13-18-31(19-14-27)20-15-29(25-7-5-4-6-8-25)26-16-21-36-22-17-26/h4-12,26-27,29H,3,13-23H2,1-2H3/t29-/m0/s1. The summed E-state index contributed by atoms with van der Waals surface area (Å²) >= 11 is 0. The molecule has 0 N–H and O–H groups in total. The highest BCUT2D eigenvalue weighted by Gasteiger charge is 2.29. The molecule has 37 heavy (non-hydrogen) atoms. The number of carbonyl (C=O) groups is 1. The molecule has 0 bridgehead atoms. The van der Waals surface area contributed by atoms with Crippen LogP contribution in [-0.4, -0.2) is 75.8 Å². The van der Waals surface area contributed by atoms with Gasteiger partial charge in [-0.2, -0.15) is 0 Å². The molecule has 4 rings (SSSR count). The third-order valence-electron chi connectivity index (χ3n) is 8.18. The molecule has 2 aliphatic heterocycles. The van der Waals surface area contributed by atoms with Crippen molar-refractivity contribution in [1.29, 1.82) is 0 Å². The minimum absolute atomic E-state index is 0.122. The van der Waals surface area contributed by atoms with E-state index in [2.05, 4.69) is 42.2 Å². The Bertz CT molecular complexity index is 1090. The lowest BCUT2D eigenvalue weighted by atomic mass is 9.79. The number of piperidine rings is 1. The number of hydrogen-bond donors (Lipinski definition) is 0. The fourth-order valence-electron chi connectivity index (χ4n) is 6.04. The van der Waals surface area contributed by atoms with Crippen LogP contribution in [0.3, 0.4) is 0 Å². The lowest BCUT2D eigenvalue weighted by molar-refractivity contribution is -0.133. The molecule has 2 heterocycles. The second kappa shape index (κ2) is 13.0. The Morgan fingerprint density at radius 1 is 1.00 bits per heavy atom. The Labute approximate surface area is 222 Å². The van der Waals surface area contributed by atoms with Gasteiger partial charge in [0.15, 0.2) is 9.84 Å². The minimum Gasteiger partial charge on any atom is -0.381 e. The zero-order valence-corrected chi connectivity index (χ0v) is 23.2. The van der Waals surface area contributed by atoms with Gasteiger partial charge in [-0.25, -0.2) is 8.42 Å². The maximum atomic E-state index is 13.1. The van der Waals surface area contributed by atoms with E-state index < -0.39 is 9.84 Å². The summed E-state index contributed by atoms with van der Waals surface area (Å²) in [6.07, 6.45) is 6.96. The topological polar surface area (TPSA) is 66.9 Å². The highest BCUT2D eigenvalue weighted by molar-refractivity contribution is 7.90. The molecule has 7 heteroatoms.